The maximum Gasteiger partial charge on any atom is 0.111 e. The molecule has 21 heavy (non-hydrogen) atoms. The molecule has 5 heteroatoms. The van der Waals surface area contributed by atoms with E-state index >= 15 is 0 Å². The van der Waals surface area contributed by atoms with Crippen molar-refractivity contribution in [1.82, 2.24) is 19.1 Å². The van der Waals surface area contributed by atoms with Crippen LogP contribution in [0.15, 0.2) is 43.0 Å². The van der Waals surface area contributed by atoms with Gasteiger partial charge in [-0.05, 0) is 25.0 Å². The summed E-state index contributed by atoms with van der Waals surface area (Å²) in [4.78, 5) is 8.76. The number of nitrogens with zero attached hydrogens (tertiary/aromatic N) is 4. The van der Waals surface area contributed by atoms with Crippen LogP contribution in [-0.4, -0.2) is 25.0 Å². The van der Waals surface area contributed by atoms with Gasteiger partial charge in [-0.1, -0.05) is 12.1 Å². The molecule has 3 aromatic rings. The molecule has 0 aliphatic carbocycles. The third-order valence-corrected chi connectivity index (χ3v) is 3.85. The summed E-state index contributed by atoms with van der Waals surface area (Å²) in [5, 5.41) is 0. The zero-order valence-electron chi connectivity index (χ0n) is 12.0. The van der Waals surface area contributed by atoms with E-state index in [1.54, 1.807) is 0 Å². The molecule has 0 saturated heterocycles. The highest BCUT2D eigenvalue weighted by Crippen LogP contribution is 2.17. The van der Waals surface area contributed by atoms with Crippen LogP contribution in [0.25, 0.3) is 11.0 Å². The predicted octanol–water partition coefficient (Wildman–Crippen LogP) is 3.49. The number of hydrogen-bond acceptors (Lipinski definition) is 2. The van der Waals surface area contributed by atoms with Crippen LogP contribution in [0.4, 0.5) is 0 Å². The predicted molar refractivity (Wildman–Crippen MR) is 85.6 cm³/mol. The van der Waals surface area contributed by atoms with Crippen molar-refractivity contribution in [2.75, 3.05) is 5.88 Å². The first-order valence-corrected chi connectivity index (χ1v) is 7.88. The van der Waals surface area contributed by atoms with Crippen molar-refractivity contribution in [3.8, 4) is 0 Å². The molecular weight excluding hydrogens is 284 g/mol. The van der Waals surface area contributed by atoms with Crippen LogP contribution in [0.5, 0.6) is 0 Å². The van der Waals surface area contributed by atoms with Gasteiger partial charge in [-0.3, -0.25) is 0 Å². The van der Waals surface area contributed by atoms with E-state index in [4.69, 9.17) is 16.6 Å². The van der Waals surface area contributed by atoms with Crippen molar-refractivity contribution in [2.45, 2.75) is 32.4 Å². The molecule has 0 aliphatic rings. The van der Waals surface area contributed by atoms with Gasteiger partial charge in [-0.15, -0.1) is 11.6 Å². The fourth-order valence-electron chi connectivity index (χ4n) is 2.63. The van der Waals surface area contributed by atoms with E-state index in [0.717, 1.165) is 43.7 Å². The number of fused-ring (bicyclic) bond motifs is 1. The van der Waals surface area contributed by atoms with E-state index in [9.17, 15) is 0 Å². The van der Waals surface area contributed by atoms with E-state index in [1.165, 1.54) is 5.52 Å². The molecule has 0 amide bonds. The number of para-hydroxylation sites is 2. The van der Waals surface area contributed by atoms with Crippen molar-refractivity contribution in [2.24, 2.45) is 0 Å². The Labute approximate surface area is 129 Å². The number of imidazole rings is 2. The van der Waals surface area contributed by atoms with Crippen molar-refractivity contribution >= 4 is 22.6 Å². The number of hydrogen-bond donors (Lipinski definition) is 0. The van der Waals surface area contributed by atoms with Crippen LogP contribution in [0.2, 0.25) is 0 Å². The third-order valence-electron chi connectivity index (χ3n) is 3.66. The SMILES string of the molecule is ClCCc1nc2ccccc2n1CCCCn1ccnc1. The largest absolute Gasteiger partial charge is 0.337 e. The second kappa shape index (κ2) is 6.76. The standard InChI is InChI=1S/C16H19ClN4/c17-8-7-16-19-14-5-1-2-6-15(14)21(16)11-4-3-10-20-12-9-18-13-20/h1-2,5-6,9,12-13H,3-4,7-8,10-11H2. The van der Waals surface area contributed by atoms with Crippen molar-refractivity contribution in [1.29, 1.82) is 0 Å². The number of aromatic nitrogens is 4. The lowest BCUT2D eigenvalue weighted by molar-refractivity contribution is 0.549. The summed E-state index contributed by atoms with van der Waals surface area (Å²) < 4.78 is 4.43. The van der Waals surface area contributed by atoms with E-state index in [2.05, 4.69) is 32.3 Å². The van der Waals surface area contributed by atoms with Crippen LogP contribution in [0.1, 0.15) is 18.7 Å². The molecule has 110 valence electrons. The summed E-state index contributed by atoms with van der Waals surface area (Å²) in [5.41, 5.74) is 2.27. The molecule has 2 heterocycles. The molecule has 2 aromatic heterocycles. The van der Waals surface area contributed by atoms with Crippen LogP contribution >= 0.6 is 11.6 Å². The van der Waals surface area contributed by atoms with Crippen molar-refractivity contribution in [3.63, 3.8) is 0 Å². The second-order valence-corrected chi connectivity index (χ2v) is 5.49. The van der Waals surface area contributed by atoms with Gasteiger partial charge < -0.3 is 9.13 Å². The molecule has 0 N–H and O–H groups in total. The van der Waals surface area contributed by atoms with Crippen LogP contribution in [-0.2, 0) is 19.5 Å². The number of rotatable bonds is 7. The summed E-state index contributed by atoms with van der Waals surface area (Å²) in [5.74, 6) is 1.70. The fraction of sp³-hybridized carbons (Fsp3) is 0.375. The lowest BCUT2D eigenvalue weighted by Crippen LogP contribution is -2.06. The molecule has 0 bridgehead atoms. The summed E-state index contributed by atoms with van der Waals surface area (Å²) >= 11 is 5.90. The summed E-state index contributed by atoms with van der Waals surface area (Å²) in [6, 6.07) is 8.30. The molecule has 0 spiro atoms. The molecular formula is C16H19ClN4. The van der Waals surface area contributed by atoms with Gasteiger partial charge in [0.25, 0.3) is 0 Å². The average molecular weight is 303 g/mol. The number of alkyl halides is 1. The Kier molecular flexibility index (Phi) is 4.55. The highest BCUT2D eigenvalue weighted by molar-refractivity contribution is 6.17. The van der Waals surface area contributed by atoms with E-state index < -0.39 is 0 Å². The van der Waals surface area contributed by atoms with E-state index in [1.807, 2.05) is 24.8 Å². The Morgan fingerprint density at radius 3 is 2.76 bits per heavy atom. The zero-order valence-corrected chi connectivity index (χ0v) is 12.7. The van der Waals surface area contributed by atoms with Gasteiger partial charge in [0.15, 0.2) is 0 Å². The first-order valence-electron chi connectivity index (χ1n) is 7.34. The normalized spacial score (nSPS) is 11.3. The minimum atomic E-state index is 0.609. The van der Waals surface area contributed by atoms with Gasteiger partial charge in [0.1, 0.15) is 5.82 Å². The lowest BCUT2D eigenvalue weighted by atomic mass is 10.2. The maximum atomic E-state index is 5.90. The Bertz CT molecular complexity index is 687. The number of halogens is 1. The second-order valence-electron chi connectivity index (χ2n) is 5.11. The smallest absolute Gasteiger partial charge is 0.111 e. The summed E-state index contributed by atoms with van der Waals surface area (Å²) in [7, 11) is 0. The third kappa shape index (κ3) is 3.27. The Morgan fingerprint density at radius 2 is 1.95 bits per heavy atom. The Hall–Kier alpha value is -1.81. The fourth-order valence-corrected chi connectivity index (χ4v) is 2.80. The minimum absolute atomic E-state index is 0.609. The van der Waals surface area contributed by atoms with E-state index in [0.29, 0.717) is 5.88 Å². The quantitative estimate of drug-likeness (QED) is 0.495. The summed E-state index contributed by atoms with van der Waals surface area (Å²) in [6.45, 7) is 2.00. The lowest BCUT2D eigenvalue weighted by Gasteiger charge is -2.08. The van der Waals surface area contributed by atoms with Gasteiger partial charge in [0, 0.05) is 37.8 Å². The first kappa shape index (κ1) is 14.1. The van der Waals surface area contributed by atoms with Crippen molar-refractivity contribution < 1.29 is 0 Å². The molecule has 0 fully saturated rings. The van der Waals surface area contributed by atoms with Gasteiger partial charge in [-0.25, -0.2) is 9.97 Å². The summed E-state index contributed by atoms with van der Waals surface area (Å²) in [6.07, 6.45) is 8.76. The highest BCUT2D eigenvalue weighted by Gasteiger charge is 2.09. The van der Waals surface area contributed by atoms with E-state index in [-0.39, 0.29) is 0 Å². The Morgan fingerprint density at radius 1 is 1.10 bits per heavy atom. The monoisotopic (exact) mass is 302 g/mol. The molecule has 0 atom stereocenters. The van der Waals surface area contributed by atoms with Crippen LogP contribution < -0.4 is 0 Å². The van der Waals surface area contributed by atoms with Gasteiger partial charge in [0.05, 0.1) is 17.4 Å². The van der Waals surface area contributed by atoms with Crippen molar-refractivity contribution in [3.05, 3.63) is 48.8 Å². The van der Waals surface area contributed by atoms with Crippen LogP contribution in [0.3, 0.4) is 0 Å². The Balaban J connectivity index is 1.68. The topological polar surface area (TPSA) is 35.6 Å². The highest BCUT2D eigenvalue weighted by atomic mass is 35.5. The molecule has 0 unspecified atom stereocenters. The molecule has 0 saturated carbocycles. The minimum Gasteiger partial charge on any atom is -0.337 e. The average Bonchev–Trinajstić information content (AvgIpc) is 3.12. The number of benzene rings is 1. The van der Waals surface area contributed by atoms with Crippen LogP contribution in [0, 0.1) is 0 Å². The molecule has 0 aliphatic heterocycles. The number of unbranched alkanes of at least 4 members (excludes halogenated alkanes) is 1. The molecule has 3 rings (SSSR count). The number of aryl methyl sites for hydroxylation is 3. The van der Waals surface area contributed by atoms with Gasteiger partial charge in [-0.2, -0.15) is 0 Å². The van der Waals surface area contributed by atoms with Gasteiger partial charge >= 0.3 is 0 Å². The molecule has 1 aromatic carbocycles. The van der Waals surface area contributed by atoms with Gasteiger partial charge in [0.2, 0.25) is 0 Å². The first-order chi connectivity index (χ1) is 10.4. The molecule has 4 nitrogen and oxygen atoms in total. The molecule has 0 radical (unpaired) electrons. The zero-order chi connectivity index (χ0) is 14.5. The maximum absolute atomic E-state index is 5.90.